The second kappa shape index (κ2) is 9.58. The summed E-state index contributed by atoms with van der Waals surface area (Å²) >= 11 is 4.23. The largest absolute Gasteiger partial charge is 0.598 e. The highest BCUT2D eigenvalue weighted by molar-refractivity contribution is 7.90. The summed E-state index contributed by atoms with van der Waals surface area (Å²) in [5.74, 6) is -1.07. The number of nitrogens with zero attached hydrogens (tertiary/aromatic N) is 2. The quantitative estimate of drug-likeness (QED) is 0.342. The van der Waals surface area contributed by atoms with Gasteiger partial charge in [0.2, 0.25) is 0 Å². The minimum Gasteiger partial charge on any atom is -0.598 e. The van der Waals surface area contributed by atoms with Gasteiger partial charge in [-0.05, 0) is 74.4 Å². The molecule has 10 heteroatoms. The topological polar surface area (TPSA) is 60.9 Å². The molecule has 3 aromatic rings. The Morgan fingerprint density at radius 1 is 1.00 bits per heavy atom. The first-order valence-electron chi connectivity index (χ1n) is 9.90. The molecule has 0 fully saturated rings. The Bertz CT molecular complexity index is 1090. The van der Waals surface area contributed by atoms with Crippen LogP contribution in [0.5, 0.6) is 0 Å². The molecular formula is C23H22ClF4N3OS. The van der Waals surface area contributed by atoms with Gasteiger partial charge in [0.1, 0.15) is 16.1 Å². The molecule has 1 aromatic carbocycles. The van der Waals surface area contributed by atoms with E-state index in [1.54, 1.807) is 32.9 Å². The number of pyridine rings is 2. The van der Waals surface area contributed by atoms with Crippen LogP contribution in [0.25, 0.3) is 0 Å². The van der Waals surface area contributed by atoms with Crippen LogP contribution in [-0.2, 0) is 29.5 Å². The highest BCUT2D eigenvalue weighted by Gasteiger charge is 2.45. The first-order valence-corrected chi connectivity index (χ1v) is 11.4. The molecule has 2 heterocycles. The van der Waals surface area contributed by atoms with E-state index in [0.29, 0.717) is 16.7 Å². The lowest BCUT2D eigenvalue weighted by Gasteiger charge is -2.38. The van der Waals surface area contributed by atoms with Crippen LogP contribution in [-0.4, -0.2) is 19.3 Å². The van der Waals surface area contributed by atoms with E-state index in [-0.39, 0.29) is 17.7 Å². The number of alkyl halides is 3. The Hall–Kier alpha value is -2.20. The van der Waals surface area contributed by atoms with E-state index in [1.807, 2.05) is 0 Å². The van der Waals surface area contributed by atoms with Gasteiger partial charge in [-0.25, -0.2) is 4.39 Å². The van der Waals surface area contributed by atoms with Gasteiger partial charge in [-0.2, -0.15) is 13.2 Å². The van der Waals surface area contributed by atoms with Crippen LogP contribution in [0.15, 0.2) is 61.1 Å². The lowest BCUT2D eigenvalue weighted by molar-refractivity contribution is -0.137. The van der Waals surface area contributed by atoms with Crippen molar-refractivity contribution in [2.45, 2.75) is 43.7 Å². The summed E-state index contributed by atoms with van der Waals surface area (Å²) in [6.45, 7) is 5.15. The standard InChI is InChI=1S/C23H22ClF4N3OS/c1-21(2,3)33(32)31-22(13-15-6-8-29-9-7-15,20-5-4-18(24)14-30-20)16-10-17(23(26,27)28)12-19(25)11-16/h4-12,14,31H,13H2,1-3H3/t22-,33?/m0/s1. The number of halogens is 5. The summed E-state index contributed by atoms with van der Waals surface area (Å²) in [7, 11) is 0. The Kier molecular flexibility index (Phi) is 7.38. The number of aromatic nitrogens is 2. The minimum atomic E-state index is -4.78. The van der Waals surface area contributed by atoms with Gasteiger partial charge in [-0.3, -0.25) is 9.97 Å². The van der Waals surface area contributed by atoms with Crippen molar-refractivity contribution in [2.75, 3.05) is 0 Å². The van der Waals surface area contributed by atoms with E-state index in [9.17, 15) is 22.1 Å². The third kappa shape index (κ3) is 6.03. The van der Waals surface area contributed by atoms with E-state index in [1.165, 1.54) is 30.7 Å². The molecule has 0 spiro atoms. The Morgan fingerprint density at radius 2 is 1.64 bits per heavy atom. The SMILES string of the molecule is CC(C)(C)[S+]([O-])N[C@@](Cc1ccncc1)(c1cc(F)cc(C(F)(F)F)c1)c1ccc(Cl)cn1. The number of benzene rings is 1. The molecule has 3 rings (SSSR count). The van der Waals surface area contributed by atoms with Crippen molar-refractivity contribution < 1.29 is 22.1 Å². The Morgan fingerprint density at radius 3 is 2.18 bits per heavy atom. The molecule has 2 atom stereocenters. The highest BCUT2D eigenvalue weighted by atomic mass is 35.5. The lowest BCUT2D eigenvalue weighted by atomic mass is 9.81. The maximum Gasteiger partial charge on any atom is 0.416 e. The molecule has 4 nitrogen and oxygen atoms in total. The summed E-state index contributed by atoms with van der Waals surface area (Å²) in [5, 5.41) is 0.309. The highest BCUT2D eigenvalue weighted by Crippen LogP contribution is 2.39. The van der Waals surface area contributed by atoms with E-state index in [2.05, 4.69) is 14.7 Å². The van der Waals surface area contributed by atoms with Gasteiger partial charge in [0, 0.05) is 36.4 Å². The smallest absolute Gasteiger partial charge is 0.416 e. The fourth-order valence-electron chi connectivity index (χ4n) is 3.23. The minimum absolute atomic E-state index is 0.0206. The second-order valence-electron chi connectivity index (χ2n) is 8.51. The van der Waals surface area contributed by atoms with E-state index in [4.69, 9.17) is 11.6 Å². The number of hydrogen-bond acceptors (Lipinski definition) is 4. The third-order valence-corrected chi connectivity index (χ3v) is 6.79. The third-order valence-electron chi connectivity index (χ3n) is 4.92. The summed E-state index contributed by atoms with van der Waals surface area (Å²) in [6.07, 6.45) is -0.363. The molecule has 0 saturated heterocycles. The van der Waals surface area contributed by atoms with E-state index in [0.717, 1.165) is 12.1 Å². The monoisotopic (exact) mass is 499 g/mol. The van der Waals surface area contributed by atoms with Crippen molar-refractivity contribution >= 4 is 23.0 Å². The summed E-state index contributed by atoms with van der Waals surface area (Å²) in [5.41, 5.74) is -1.90. The summed E-state index contributed by atoms with van der Waals surface area (Å²) in [6, 6.07) is 8.68. The van der Waals surface area contributed by atoms with Crippen LogP contribution in [0.3, 0.4) is 0 Å². The molecule has 0 aliphatic heterocycles. The number of nitrogens with one attached hydrogen (secondary N) is 1. The van der Waals surface area contributed by atoms with Crippen molar-refractivity contribution in [1.82, 2.24) is 14.7 Å². The van der Waals surface area contributed by atoms with Crippen molar-refractivity contribution in [3.05, 3.63) is 94.3 Å². The van der Waals surface area contributed by atoms with Gasteiger partial charge in [0.15, 0.2) is 0 Å². The fourth-order valence-corrected chi connectivity index (χ4v) is 4.26. The van der Waals surface area contributed by atoms with Gasteiger partial charge >= 0.3 is 6.18 Å². The molecule has 0 amide bonds. The molecule has 2 aromatic heterocycles. The normalized spacial score (nSPS) is 15.2. The molecule has 1 N–H and O–H groups in total. The molecule has 176 valence electrons. The zero-order valence-corrected chi connectivity index (χ0v) is 19.7. The number of rotatable bonds is 6. The molecule has 0 radical (unpaired) electrons. The first-order chi connectivity index (χ1) is 15.3. The average Bonchev–Trinajstić information content (AvgIpc) is 2.72. The van der Waals surface area contributed by atoms with E-state index < -0.39 is 39.2 Å². The van der Waals surface area contributed by atoms with Crippen molar-refractivity contribution in [3.8, 4) is 0 Å². The van der Waals surface area contributed by atoms with E-state index >= 15 is 0 Å². The molecule has 1 unspecified atom stereocenters. The number of hydrogen-bond donors (Lipinski definition) is 1. The van der Waals surface area contributed by atoms with Gasteiger partial charge in [-0.15, -0.1) is 4.72 Å². The molecule has 0 aliphatic carbocycles. The predicted octanol–water partition coefficient (Wildman–Crippen LogP) is 5.83. The molecular weight excluding hydrogens is 478 g/mol. The van der Waals surface area contributed by atoms with Gasteiger partial charge in [-0.1, -0.05) is 11.6 Å². The zero-order chi connectivity index (χ0) is 24.4. The molecule has 0 bridgehead atoms. The molecule has 33 heavy (non-hydrogen) atoms. The van der Waals surface area contributed by atoms with Crippen LogP contribution in [0.1, 0.15) is 43.2 Å². The summed E-state index contributed by atoms with van der Waals surface area (Å²) < 4.78 is 70.7. The van der Waals surface area contributed by atoms with Crippen LogP contribution >= 0.6 is 11.6 Å². The second-order valence-corrected chi connectivity index (χ2v) is 10.9. The fraction of sp³-hybridized carbons (Fsp3) is 0.304. The summed E-state index contributed by atoms with van der Waals surface area (Å²) in [4.78, 5) is 8.30. The Balaban J connectivity index is 2.33. The zero-order valence-electron chi connectivity index (χ0n) is 18.1. The van der Waals surface area contributed by atoms with Crippen molar-refractivity contribution in [2.24, 2.45) is 0 Å². The van der Waals surface area contributed by atoms with Gasteiger partial charge in [0.25, 0.3) is 0 Å². The van der Waals surface area contributed by atoms with Gasteiger partial charge < -0.3 is 4.55 Å². The van der Waals surface area contributed by atoms with Crippen LogP contribution in [0.2, 0.25) is 5.02 Å². The lowest BCUT2D eigenvalue weighted by Crippen LogP contribution is -2.53. The van der Waals surface area contributed by atoms with Crippen molar-refractivity contribution in [3.63, 3.8) is 0 Å². The maximum atomic E-state index is 14.5. The average molecular weight is 500 g/mol. The Labute approximate surface area is 197 Å². The molecule has 0 saturated carbocycles. The maximum absolute atomic E-state index is 14.5. The van der Waals surface area contributed by atoms with Crippen molar-refractivity contribution in [1.29, 1.82) is 0 Å². The molecule has 0 aliphatic rings. The van der Waals surface area contributed by atoms with Crippen LogP contribution in [0, 0.1) is 5.82 Å². The van der Waals surface area contributed by atoms with Crippen LogP contribution < -0.4 is 4.72 Å². The van der Waals surface area contributed by atoms with Crippen LogP contribution in [0.4, 0.5) is 17.6 Å². The van der Waals surface area contributed by atoms with Gasteiger partial charge in [0.05, 0.1) is 16.3 Å². The predicted molar refractivity (Wildman–Crippen MR) is 120 cm³/mol. The first kappa shape index (κ1) is 25.4.